The van der Waals surface area contributed by atoms with Crippen LogP contribution in [0.15, 0.2) is 36.4 Å². The number of aromatic nitrogens is 1. The number of hydrogen-bond donors (Lipinski definition) is 1. The molecule has 0 spiro atoms. The van der Waals surface area contributed by atoms with Crippen molar-refractivity contribution in [3.8, 4) is 0 Å². The maximum Gasteiger partial charge on any atom is 0.269 e. The number of para-hydroxylation sites is 1. The Bertz CT molecular complexity index is 654. The molecule has 0 atom stereocenters. The fourth-order valence-electron chi connectivity index (χ4n) is 2.77. The lowest BCUT2D eigenvalue weighted by Gasteiger charge is -2.26. The molecular formula is C18H23N3O2. The van der Waals surface area contributed by atoms with Crippen molar-refractivity contribution >= 4 is 16.8 Å². The van der Waals surface area contributed by atoms with Crippen molar-refractivity contribution in [1.82, 2.24) is 15.2 Å². The van der Waals surface area contributed by atoms with Crippen LogP contribution in [0.4, 0.5) is 0 Å². The number of amides is 1. The number of rotatable bonds is 6. The van der Waals surface area contributed by atoms with Gasteiger partial charge in [-0.2, -0.15) is 0 Å². The average Bonchev–Trinajstić information content (AvgIpc) is 2.61. The zero-order chi connectivity index (χ0) is 15.9. The number of nitrogens with one attached hydrogen (secondary N) is 1. The quantitative estimate of drug-likeness (QED) is 0.830. The number of hydrogen-bond acceptors (Lipinski definition) is 4. The number of pyridine rings is 1. The molecule has 2 heterocycles. The summed E-state index contributed by atoms with van der Waals surface area (Å²) in [6.07, 6.45) is 2.07. The van der Waals surface area contributed by atoms with Crippen molar-refractivity contribution < 1.29 is 9.53 Å². The first kappa shape index (κ1) is 15.9. The first-order valence-electron chi connectivity index (χ1n) is 8.27. The normalized spacial score (nSPS) is 15.7. The summed E-state index contributed by atoms with van der Waals surface area (Å²) in [6, 6.07) is 11.5. The molecule has 3 rings (SSSR count). The minimum absolute atomic E-state index is 0.0953. The summed E-state index contributed by atoms with van der Waals surface area (Å²) in [7, 11) is 0. The van der Waals surface area contributed by atoms with Gasteiger partial charge >= 0.3 is 0 Å². The number of fused-ring (bicyclic) bond motifs is 1. The highest BCUT2D eigenvalue weighted by molar-refractivity contribution is 5.94. The number of carbonyl (C=O) groups is 1. The summed E-state index contributed by atoms with van der Waals surface area (Å²) in [6.45, 7) is 5.49. The van der Waals surface area contributed by atoms with Crippen LogP contribution >= 0.6 is 0 Å². The molecule has 5 heteroatoms. The molecule has 0 saturated carbocycles. The van der Waals surface area contributed by atoms with Crippen molar-refractivity contribution in [1.29, 1.82) is 0 Å². The predicted octanol–water partition coefficient (Wildman–Crippen LogP) is 2.08. The molecule has 1 saturated heterocycles. The van der Waals surface area contributed by atoms with Gasteiger partial charge in [-0.1, -0.05) is 24.3 Å². The Hall–Kier alpha value is -1.98. The fraction of sp³-hybridized carbons (Fsp3) is 0.444. The highest BCUT2D eigenvalue weighted by Crippen LogP contribution is 2.11. The molecule has 0 radical (unpaired) electrons. The van der Waals surface area contributed by atoms with Gasteiger partial charge in [0, 0.05) is 25.0 Å². The van der Waals surface area contributed by atoms with Gasteiger partial charge in [-0.3, -0.25) is 9.69 Å². The molecule has 0 unspecified atom stereocenters. The lowest BCUT2D eigenvalue weighted by atomic mass is 10.2. The van der Waals surface area contributed by atoms with E-state index < -0.39 is 0 Å². The summed E-state index contributed by atoms with van der Waals surface area (Å²) in [5.41, 5.74) is 1.34. The van der Waals surface area contributed by atoms with E-state index in [1.807, 2.05) is 30.3 Å². The van der Waals surface area contributed by atoms with Crippen LogP contribution in [-0.4, -0.2) is 55.2 Å². The first-order chi connectivity index (χ1) is 11.3. The molecule has 23 heavy (non-hydrogen) atoms. The number of nitrogens with zero attached hydrogens (tertiary/aromatic N) is 2. The summed E-state index contributed by atoms with van der Waals surface area (Å²) in [4.78, 5) is 19.0. The third-order valence-electron chi connectivity index (χ3n) is 4.12. The Balaban J connectivity index is 1.41. The Kier molecular flexibility index (Phi) is 5.56. The van der Waals surface area contributed by atoms with Gasteiger partial charge in [0.25, 0.3) is 5.91 Å². The van der Waals surface area contributed by atoms with Crippen molar-refractivity contribution in [2.75, 3.05) is 39.4 Å². The Morgan fingerprint density at radius 3 is 2.83 bits per heavy atom. The van der Waals surface area contributed by atoms with E-state index >= 15 is 0 Å². The Morgan fingerprint density at radius 1 is 1.13 bits per heavy atom. The predicted molar refractivity (Wildman–Crippen MR) is 90.6 cm³/mol. The summed E-state index contributed by atoms with van der Waals surface area (Å²) in [5.74, 6) is -0.0953. The maximum absolute atomic E-state index is 12.2. The maximum atomic E-state index is 12.2. The Morgan fingerprint density at radius 2 is 1.96 bits per heavy atom. The van der Waals surface area contributed by atoms with Gasteiger partial charge < -0.3 is 10.1 Å². The van der Waals surface area contributed by atoms with Gasteiger partial charge in [-0.15, -0.1) is 0 Å². The van der Waals surface area contributed by atoms with Crippen LogP contribution in [0.2, 0.25) is 0 Å². The van der Waals surface area contributed by atoms with Crippen molar-refractivity contribution in [3.05, 3.63) is 42.1 Å². The van der Waals surface area contributed by atoms with Crippen LogP contribution in [-0.2, 0) is 4.74 Å². The van der Waals surface area contributed by atoms with Gasteiger partial charge in [0.05, 0.1) is 18.7 Å². The minimum atomic E-state index is -0.0953. The lowest BCUT2D eigenvalue weighted by Crippen LogP contribution is -2.37. The van der Waals surface area contributed by atoms with E-state index in [2.05, 4.69) is 15.2 Å². The number of ether oxygens (including phenoxy) is 1. The topological polar surface area (TPSA) is 54.5 Å². The van der Waals surface area contributed by atoms with E-state index in [9.17, 15) is 4.79 Å². The van der Waals surface area contributed by atoms with Gasteiger partial charge in [0.1, 0.15) is 5.69 Å². The monoisotopic (exact) mass is 313 g/mol. The third-order valence-corrected chi connectivity index (χ3v) is 4.12. The molecule has 1 amide bonds. The number of unbranched alkanes of at least 4 members (excludes halogenated alkanes) is 1. The van der Waals surface area contributed by atoms with Gasteiger partial charge in [0.2, 0.25) is 0 Å². The van der Waals surface area contributed by atoms with Crippen LogP contribution in [0.5, 0.6) is 0 Å². The summed E-state index contributed by atoms with van der Waals surface area (Å²) >= 11 is 0. The molecule has 1 N–H and O–H groups in total. The third kappa shape index (κ3) is 4.50. The molecule has 0 bridgehead atoms. The second kappa shape index (κ2) is 8.04. The van der Waals surface area contributed by atoms with E-state index in [4.69, 9.17) is 4.74 Å². The second-order valence-electron chi connectivity index (χ2n) is 5.81. The average molecular weight is 313 g/mol. The van der Waals surface area contributed by atoms with E-state index in [1.165, 1.54) is 0 Å². The van der Waals surface area contributed by atoms with Gasteiger partial charge in [0.15, 0.2) is 0 Å². The van der Waals surface area contributed by atoms with Crippen LogP contribution in [0.3, 0.4) is 0 Å². The number of morpholine rings is 1. The molecule has 2 aromatic rings. The van der Waals surface area contributed by atoms with E-state index in [1.54, 1.807) is 6.07 Å². The molecule has 5 nitrogen and oxygen atoms in total. The van der Waals surface area contributed by atoms with E-state index in [0.29, 0.717) is 12.2 Å². The molecule has 1 aliphatic rings. The smallest absolute Gasteiger partial charge is 0.269 e. The molecule has 1 aromatic heterocycles. The van der Waals surface area contributed by atoms with Crippen molar-refractivity contribution in [2.45, 2.75) is 12.8 Å². The Labute approximate surface area is 136 Å². The zero-order valence-corrected chi connectivity index (χ0v) is 13.3. The molecule has 1 fully saturated rings. The minimum Gasteiger partial charge on any atom is -0.379 e. The largest absolute Gasteiger partial charge is 0.379 e. The van der Waals surface area contributed by atoms with Crippen molar-refractivity contribution in [2.24, 2.45) is 0 Å². The number of benzene rings is 1. The highest BCUT2D eigenvalue weighted by atomic mass is 16.5. The SMILES string of the molecule is O=C(NCCCCN1CCOCC1)c1ccc2ccccc2n1. The fourth-order valence-corrected chi connectivity index (χ4v) is 2.77. The lowest BCUT2D eigenvalue weighted by molar-refractivity contribution is 0.0372. The molecular weight excluding hydrogens is 290 g/mol. The summed E-state index contributed by atoms with van der Waals surface area (Å²) in [5, 5.41) is 4.01. The zero-order valence-electron chi connectivity index (χ0n) is 13.3. The summed E-state index contributed by atoms with van der Waals surface area (Å²) < 4.78 is 5.33. The van der Waals surface area contributed by atoms with E-state index in [-0.39, 0.29) is 5.91 Å². The first-order valence-corrected chi connectivity index (χ1v) is 8.27. The van der Waals surface area contributed by atoms with Gasteiger partial charge in [-0.05, 0) is 31.5 Å². The van der Waals surface area contributed by atoms with Crippen LogP contribution in [0.1, 0.15) is 23.3 Å². The standard InChI is InChI=1S/C18H23N3O2/c22-18(17-8-7-15-5-1-2-6-16(15)20-17)19-9-3-4-10-21-11-13-23-14-12-21/h1-2,5-8H,3-4,9-14H2,(H,19,22). The highest BCUT2D eigenvalue weighted by Gasteiger charge is 2.10. The number of carbonyl (C=O) groups excluding carboxylic acids is 1. The van der Waals surface area contributed by atoms with Gasteiger partial charge in [-0.25, -0.2) is 4.98 Å². The molecule has 122 valence electrons. The van der Waals surface area contributed by atoms with Crippen LogP contribution < -0.4 is 5.32 Å². The van der Waals surface area contributed by atoms with Crippen LogP contribution in [0, 0.1) is 0 Å². The van der Waals surface area contributed by atoms with Crippen LogP contribution in [0.25, 0.3) is 10.9 Å². The molecule has 0 aliphatic carbocycles. The molecule has 1 aromatic carbocycles. The van der Waals surface area contributed by atoms with E-state index in [0.717, 1.165) is 56.6 Å². The van der Waals surface area contributed by atoms with Crippen molar-refractivity contribution in [3.63, 3.8) is 0 Å². The molecule has 1 aliphatic heterocycles. The second-order valence-corrected chi connectivity index (χ2v) is 5.81.